The Hall–Kier alpha value is -0.900. The predicted molar refractivity (Wildman–Crippen MR) is 60.6 cm³/mol. The normalized spacial score (nSPS) is 11.1. The largest absolute Gasteiger partial charge is 0.309 e. The molecule has 14 heavy (non-hydrogen) atoms. The van der Waals surface area contributed by atoms with Crippen molar-refractivity contribution in [2.24, 2.45) is 0 Å². The zero-order chi connectivity index (χ0) is 10.8. The lowest BCUT2D eigenvalue weighted by molar-refractivity contribution is -0.117. The summed E-state index contributed by atoms with van der Waals surface area (Å²) in [6, 6.07) is 3.71. The third-order valence-electron chi connectivity index (χ3n) is 1.70. The van der Waals surface area contributed by atoms with Crippen LogP contribution in [0.3, 0.4) is 0 Å². The van der Waals surface area contributed by atoms with Crippen molar-refractivity contribution in [1.82, 2.24) is 4.98 Å². The zero-order valence-corrected chi connectivity index (χ0v) is 10.1. The molecule has 0 aliphatic heterocycles. The van der Waals surface area contributed by atoms with E-state index >= 15 is 0 Å². The van der Waals surface area contributed by atoms with Gasteiger partial charge in [-0.15, -0.1) is 0 Å². The second kappa shape index (κ2) is 4.09. The molecular formula is C10H13BrN2O. The molecule has 0 aliphatic rings. The molecule has 0 atom stereocenters. The highest BCUT2D eigenvalue weighted by atomic mass is 79.9. The molecule has 0 saturated carbocycles. The standard InChI is InChI=1S/C10H13BrN2O/c1-7-4-5-12-8(6-7)13-9(14)10(2,3)11/h4-6H,1-3H3,(H,12,13,14). The number of hydrogen-bond acceptors (Lipinski definition) is 2. The minimum atomic E-state index is -0.571. The van der Waals surface area contributed by atoms with Crippen molar-refractivity contribution in [3.8, 4) is 0 Å². The van der Waals surface area contributed by atoms with Gasteiger partial charge in [0.25, 0.3) is 0 Å². The Morgan fingerprint density at radius 1 is 1.57 bits per heavy atom. The molecular weight excluding hydrogens is 244 g/mol. The molecule has 1 aromatic heterocycles. The van der Waals surface area contributed by atoms with Crippen molar-refractivity contribution in [3.63, 3.8) is 0 Å². The van der Waals surface area contributed by atoms with Gasteiger partial charge in [-0.1, -0.05) is 15.9 Å². The number of carbonyl (C=O) groups is 1. The third kappa shape index (κ3) is 3.10. The van der Waals surface area contributed by atoms with Gasteiger partial charge in [-0.2, -0.15) is 0 Å². The average molecular weight is 257 g/mol. The zero-order valence-electron chi connectivity index (χ0n) is 8.47. The van der Waals surface area contributed by atoms with Crippen LogP contribution in [-0.2, 0) is 4.79 Å². The monoisotopic (exact) mass is 256 g/mol. The fourth-order valence-electron chi connectivity index (χ4n) is 0.869. The highest BCUT2D eigenvalue weighted by Crippen LogP contribution is 2.18. The van der Waals surface area contributed by atoms with E-state index in [-0.39, 0.29) is 5.91 Å². The molecule has 0 bridgehead atoms. The van der Waals surface area contributed by atoms with Crippen molar-refractivity contribution in [2.45, 2.75) is 25.1 Å². The van der Waals surface area contributed by atoms with Crippen LogP contribution in [0.4, 0.5) is 5.82 Å². The number of amides is 1. The highest BCUT2D eigenvalue weighted by molar-refractivity contribution is 9.10. The molecule has 3 nitrogen and oxygen atoms in total. The van der Waals surface area contributed by atoms with Crippen molar-refractivity contribution in [1.29, 1.82) is 0 Å². The maximum absolute atomic E-state index is 11.5. The van der Waals surface area contributed by atoms with E-state index in [1.54, 1.807) is 20.0 Å². The molecule has 1 N–H and O–H groups in total. The number of carbonyl (C=O) groups excluding carboxylic acids is 1. The first-order chi connectivity index (χ1) is 6.39. The van der Waals surface area contributed by atoms with Gasteiger partial charge in [-0.25, -0.2) is 4.98 Å². The van der Waals surface area contributed by atoms with Gasteiger partial charge in [0.15, 0.2) is 0 Å². The summed E-state index contributed by atoms with van der Waals surface area (Å²) in [5.74, 6) is 0.484. The van der Waals surface area contributed by atoms with Crippen LogP contribution in [0.5, 0.6) is 0 Å². The number of aryl methyl sites for hydroxylation is 1. The van der Waals surface area contributed by atoms with E-state index in [0.29, 0.717) is 5.82 Å². The Bertz CT molecular complexity index is 344. The maximum atomic E-state index is 11.5. The van der Waals surface area contributed by atoms with Gasteiger partial charge in [-0.3, -0.25) is 4.79 Å². The average Bonchev–Trinajstić information content (AvgIpc) is 2.02. The topological polar surface area (TPSA) is 42.0 Å². The molecule has 1 heterocycles. The number of nitrogens with zero attached hydrogens (tertiary/aromatic N) is 1. The Balaban J connectivity index is 2.75. The fourth-order valence-corrected chi connectivity index (χ4v) is 0.969. The molecule has 0 radical (unpaired) electrons. The van der Waals surface area contributed by atoms with Gasteiger partial charge in [-0.05, 0) is 38.5 Å². The van der Waals surface area contributed by atoms with Gasteiger partial charge in [0.05, 0.1) is 4.32 Å². The van der Waals surface area contributed by atoms with E-state index in [9.17, 15) is 4.79 Å². The lowest BCUT2D eigenvalue weighted by atomic mass is 10.2. The number of pyridine rings is 1. The molecule has 0 spiro atoms. The molecule has 0 fully saturated rings. The number of nitrogens with one attached hydrogen (secondary N) is 1. The van der Waals surface area contributed by atoms with Crippen LogP contribution in [0.25, 0.3) is 0 Å². The van der Waals surface area contributed by atoms with Crippen LogP contribution in [0, 0.1) is 6.92 Å². The van der Waals surface area contributed by atoms with E-state index < -0.39 is 4.32 Å². The van der Waals surface area contributed by atoms with Crippen LogP contribution < -0.4 is 5.32 Å². The third-order valence-corrected chi connectivity index (χ3v) is 2.06. The highest BCUT2D eigenvalue weighted by Gasteiger charge is 2.23. The molecule has 1 aromatic rings. The quantitative estimate of drug-likeness (QED) is 0.827. The van der Waals surface area contributed by atoms with Crippen molar-refractivity contribution in [3.05, 3.63) is 23.9 Å². The van der Waals surface area contributed by atoms with Gasteiger partial charge in [0.1, 0.15) is 5.82 Å². The van der Waals surface area contributed by atoms with Crippen LogP contribution in [0.15, 0.2) is 18.3 Å². The second-order valence-electron chi connectivity index (χ2n) is 3.65. The van der Waals surface area contributed by atoms with Gasteiger partial charge < -0.3 is 5.32 Å². The van der Waals surface area contributed by atoms with Crippen LogP contribution in [0.2, 0.25) is 0 Å². The summed E-state index contributed by atoms with van der Waals surface area (Å²) < 4.78 is -0.571. The molecule has 76 valence electrons. The molecule has 0 aromatic carbocycles. The van der Waals surface area contributed by atoms with Crippen molar-refractivity contribution < 1.29 is 4.79 Å². The minimum absolute atomic E-state index is 0.101. The second-order valence-corrected chi connectivity index (χ2v) is 5.63. The van der Waals surface area contributed by atoms with E-state index in [1.165, 1.54) is 0 Å². The smallest absolute Gasteiger partial charge is 0.241 e. The summed E-state index contributed by atoms with van der Waals surface area (Å²) in [4.78, 5) is 15.6. The Morgan fingerprint density at radius 2 is 2.21 bits per heavy atom. The van der Waals surface area contributed by atoms with Gasteiger partial charge >= 0.3 is 0 Å². The summed E-state index contributed by atoms with van der Waals surface area (Å²) in [6.45, 7) is 5.53. The number of hydrogen-bond donors (Lipinski definition) is 1. The number of aromatic nitrogens is 1. The predicted octanol–water partition coefficient (Wildman–Crippen LogP) is 2.50. The summed E-state index contributed by atoms with van der Waals surface area (Å²) in [7, 11) is 0. The Kier molecular flexibility index (Phi) is 3.26. The van der Waals surface area contributed by atoms with Gasteiger partial charge in [0.2, 0.25) is 5.91 Å². The molecule has 0 aliphatic carbocycles. The maximum Gasteiger partial charge on any atom is 0.241 e. The summed E-state index contributed by atoms with van der Waals surface area (Å²) in [5, 5.41) is 2.73. The molecule has 0 saturated heterocycles. The lowest BCUT2D eigenvalue weighted by Crippen LogP contribution is -2.31. The number of halogens is 1. The Labute approximate surface area is 92.1 Å². The molecule has 1 rings (SSSR count). The molecule has 1 amide bonds. The van der Waals surface area contributed by atoms with Gasteiger partial charge in [0, 0.05) is 6.20 Å². The number of anilines is 1. The first-order valence-electron chi connectivity index (χ1n) is 4.32. The molecule has 0 unspecified atom stereocenters. The van der Waals surface area contributed by atoms with Crippen LogP contribution >= 0.6 is 15.9 Å². The van der Waals surface area contributed by atoms with Crippen LogP contribution in [-0.4, -0.2) is 15.2 Å². The van der Waals surface area contributed by atoms with E-state index in [4.69, 9.17) is 0 Å². The summed E-state index contributed by atoms with van der Waals surface area (Å²) in [5.41, 5.74) is 1.07. The molecule has 4 heteroatoms. The lowest BCUT2D eigenvalue weighted by Gasteiger charge is -2.15. The summed E-state index contributed by atoms with van der Waals surface area (Å²) >= 11 is 3.28. The first-order valence-corrected chi connectivity index (χ1v) is 5.12. The van der Waals surface area contributed by atoms with Crippen LogP contribution in [0.1, 0.15) is 19.4 Å². The first kappa shape index (κ1) is 11.2. The van der Waals surface area contributed by atoms with Crippen molar-refractivity contribution >= 4 is 27.7 Å². The number of alkyl halides is 1. The van der Waals surface area contributed by atoms with E-state index in [1.807, 2.05) is 19.1 Å². The minimum Gasteiger partial charge on any atom is -0.309 e. The van der Waals surface area contributed by atoms with E-state index in [0.717, 1.165) is 5.56 Å². The van der Waals surface area contributed by atoms with E-state index in [2.05, 4.69) is 26.2 Å². The summed E-state index contributed by atoms with van der Waals surface area (Å²) in [6.07, 6.45) is 1.67. The Morgan fingerprint density at radius 3 is 2.71 bits per heavy atom. The van der Waals surface area contributed by atoms with Crippen molar-refractivity contribution in [2.75, 3.05) is 5.32 Å². The SMILES string of the molecule is Cc1ccnc(NC(=O)C(C)(C)Br)c1. The number of rotatable bonds is 2. The fraction of sp³-hybridized carbons (Fsp3) is 0.400.